The van der Waals surface area contributed by atoms with Crippen molar-refractivity contribution < 1.29 is 4.39 Å². The van der Waals surface area contributed by atoms with E-state index in [1.54, 1.807) is 19.2 Å². The van der Waals surface area contributed by atoms with Crippen molar-refractivity contribution in [1.82, 2.24) is 9.78 Å². The normalized spacial score (nSPS) is 12.7. The summed E-state index contributed by atoms with van der Waals surface area (Å²) in [7, 11) is 0. The van der Waals surface area contributed by atoms with Crippen LogP contribution in [0.15, 0.2) is 28.9 Å². The Morgan fingerprint density at radius 2 is 2.22 bits per heavy atom. The standard InChI is InChI=1S/C13H15BrFN3/c1-3-18-13(10(14)7-17-18)12(16)9-5-4-8(2)11(15)6-9/h4-7,12H,3,16H2,1-2H3. The third-order valence-corrected chi connectivity index (χ3v) is 3.59. The van der Waals surface area contributed by atoms with Crippen LogP contribution >= 0.6 is 15.9 Å². The molecule has 1 atom stereocenters. The highest BCUT2D eigenvalue weighted by atomic mass is 79.9. The van der Waals surface area contributed by atoms with Crippen LogP contribution in [0.25, 0.3) is 0 Å². The first kappa shape index (κ1) is 13.2. The number of nitrogens with two attached hydrogens (primary N) is 1. The summed E-state index contributed by atoms with van der Waals surface area (Å²) in [5, 5.41) is 4.22. The summed E-state index contributed by atoms with van der Waals surface area (Å²) < 4.78 is 16.2. The highest BCUT2D eigenvalue weighted by Crippen LogP contribution is 2.27. The van der Waals surface area contributed by atoms with Crippen LogP contribution in [0, 0.1) is 12.7 Å². The molecule has 0 amide bonds. The Morgan fingerprint density at radius 1 is 1.50 bits per heavy atom. The number of aromatic nitrogens is 2. The Kier molecular flexibility index (Phi) is 3.82. The van der Waals surface area contributed by atoms with Crippen LogP contribution in [0.4, 0.5) is 4.39 Å². The zero-order valence-electron chi connectivity index (χ0n) is 10.3. The molecule has 0 radical (unpaired) electrons. The number of benzene rings is 1. The molecule has 0 aliphatic heterocycles. The van der Waals surface area contributed by atoms with E-state index >= 15 is 0 Å². The summed E-state index contributed by atoms with van der Waals surface area (Å²) in [5.41, 5.74) is 8.43. The zero-order chi connectivity index (χ0) is 13.3. The van der Waals surface area contributed by atoms with E-state index in [0.29, 0.717) is 5.56 Å². The molecular formula is C13H15BrFN3. The van der Waals surface area contributed by atoms with Gasteiger partial charge < -0.3 is 5.73 Å². The van der Waals surface area contributed by atoms with Gasteiger partial charge in [-0.3, -0.25) is 4.68 Å². The van der Waals surface area contributed by atoms with Gasteiger partial charge in [0.15, 0.2) is 0 Å². The molecule has 2 rings (SSSR count). The highest BCUT2D eigenvalue weighted by Gasteiger charge is 2.18. The summed E-state index contributed by atoms with van der Waals surface area (Å²) >= 11 is 3.43. The van der Waals surface area contributed by atoms with E-state index in [1.807, 2.05) is 17.7 Å². The van der Waals surface area contributed by atoms with Crippen LogP contribution in [0.5, 0.6) is 0 Å². The van der Waals surface area contributed by atoms with Gasteiger partial charge >= 0.3 is 0 Å². The van der Waals surface area contributed by atoms with Gasteiger partial charge in [0.1, 0.15) is 5.82 Å². The summed E-state index contributed by atoms with van der Waals surface area (Å²) in [6, 6.07) is 4.68. The number of hydrogen-bond donors (Lipinski definition) is 1. The van der Waals surface area contributed by atoms with Crippen molar-refractivity contribution in [2.75, 3.05) is 0 Å². The Hall–Kier alpha value is -1.20. The SMILES string of the molecule is CCn1ncc(Br)c1C(N)c1ccc(C)c(F)c1. The molecule has 18 heavy (non-hydrogen) atoms. The number of aryl methyl sites for hydroxylation is 2. The van der Waals surface area contributed by atoms with Gasteiger partial charge in [-0.2, -0.15) is 5.10 Å². The largest absolute Gasteiger partial charge is 0.319 e. The molecule has 0 saturated heterocycles. The van der Waals surface area contributed by atoms with E-state index < -0.39 is 6.04 Å². The minimum absolute atomic E-state index is 0.235. The summed E-state index contributed by atoms with van der Waals surface area (Å²) in [5.74, 6) is -0.235. The predicted molar refractivity (Wildman–Crippen MR) is 72.8 cm³/mol. The maximum atomic E-state index is 13.6. The lowest BCUT2D eigenvalue weighted by molar-refractivity contribution is 0.591. The molecule has 0 fully saturated rings. The molecule has 0 aliphatic rings. The van der Waals surface area contributed by atoms with Gasteiger partial charge in [0.2, 0.25) is 0 Å². The Balaban J connectivity index is 2.44. The fraction of sp³-hybridized carbons (Fsp3) is 0.308. The van der Waals surface area contributed by atoms with Gasteiger partial charge in [0.25, 0.3) is 0 Å². The maximum Gasteiger partial charge on any atom is 0.126 e. The van der Waals surface area contributed by atoms with Crippen molar-refractivity contribution in [2.24, 2.45) is 5.73 Å². The molecule has 2 aromatic rings. The van der Waals surface area contributed by atoms with E-state index in [0.717, 1.165) is 22.3 Å². The van der Waals surface area contributed by atoms with Crippen molar-refractivity contribution in [3.63, 3.8) is 0 Å². The van der Waals surface area contributed by atoms with Crippen molar-refractivity contribution in [3.8, 4) is 0 Å². The van der Waals surface area contributed by atoms with Gasteiger partial charge in [-0.1, -0.05) is 12.1 Å². The third-order valence-electron chi connectivity index (χ3n) is 2.98. The molecule has 1 aromatic carbocycles. The predicted octanol–water partition coefficient (Wildman–Crippen LogP) is 3.16. The molecule has 2 N–H and O–H groups in total. The van der Waals surface area contributed by atoms with E-state index in [9.17, 15) is 4.39 Å². The summed E-state index contributed by atoms with van der Waals surface area (Å²) in [6.07, 6.45) is 1.71. The van der Waals surface area contributed by atoms with Crippen LogP contribution in [0.2, 0.25) is 0 Å². The number of halogens is 2. The lowest BCUT2D eigenvalue weighted by Crippen LogP contribution is -2.18. The molecule has 5 heteroatoms. The van der Waals surface area contributed by atoms with Crippen LogP contribution in [-0.4, -0.2) is 9.78 Å². The fourth-order valence-corrected chi connectivity index (χ4v) is 2.44. The average Bonchev–Trinajstić information content (AvgIpc) is 2.73. The second-order valence-electron chi connectivity index (χ2n) is 4.18. The van der Waals surface area contributed by atoms with E-state index in [1.165, 1.54) is 6.07 Å². The number of hydrogen-bond acceptors (Lipinski definition) is 2. The smallest absolute Gasteiger partial charge is 0.126 e. The summed E-state index contributed by atoms with van der Waals surface area (Å²) in [6.45, 7) is 4.45. The Labute approximate surface area is 114 Å². The molecule has 0 saturated carbocycles. The van der Waals surface area contributed by atoms with E-state index in [-0.39, 0.29) is 5.82 Å². The van der Waals surface area contributed by atoms with Gasteiger partial charge in [-0.25, -0.2) is 4.39 Å². The first-order chi connectivity index (χ1) is 8.54. The van der Waals surface area contributed by atoms with Gasteiger partial charge in [-0.15, -0.1) is 0 Å². The lowest BCUT2D eigenvalue weighted by Gasteiger charge is -2.15. The molecule has 0 bridgehead atoms. The minimum Gasteiger partial charge on any atom is -0.319 e. The van der Waals surface area contributed by atoms with Crippen LogP contribution in [0.3, 0.4) is 0 Å². The Bertz CT molecular complexity index is 565. The van der Waals surface area contributed by atoms with Gasteiger partial charge in [0.05, 0.1) is 22.4 Å². The van der Waals surface area contributed by atoms with Crippen LogP contribution in [-0.2, 0) is 6.54 Å². The van der Waals surface area contributed by atoms with Crippen LogP contribution < -0.4 is 5.73 Å². The molecule has 1 aromatic heterocycles. The molecule has 3 nitrogen and oxygen atoms in total. The van der Waals surface area contributed by atoms with Gasteiger partial charge in [-0.05, 0) is 47.0 Å². The quantitative estimate of drug-likeness (QED) is 0.946. The van der Waals surface area contributed by atoms with E-state index in [2.05, 4.69) is 21.0 Å². The van der Waals surface area contributed by atoms with Crippen molar-refractivity contribution in [2.45, 2.75) is 26.4 Å². The zero-order valence-corrected chi connectivity index (χ0v) is 11.9. The van der Waals surface area contributed by atoms with Gasteiger partial charge in [0, 0.05) is 6.54 Å². The second kappa shape index (κ2) is 5.20. The summed E-state index contributed by atoms with van der Waals surface area (Å²) in [4.78, 5) is 0. The van der Waals surface area contributed by atoms with Crippen LogP contribution in [0.1, 0.15) is 29.8 Å². The lowest BCUT2D eigenvalue weighted by atomic mass is 10.0. The first-order valence-electron chi connectivity index (χ1n) is 5.77. The maximum absolute atomic E-state index is 13.6. The number of rotatable bonds is 3. The van der Waals surface area contributed by atoms with Crippen molar-refractivity contribution >= 4 is 15.9 Å². The first-order valence-corrected chi connectivity index (χ1v) is 6.56. The monoisotopic (exact) mass is 311 g/mol. The highest BCUT2D eigenvalue weighted by molar-refractivity contribution is 9.10. The second-order valence-corrected chi connectivity index (χ2v) is 5.03. The van der Waals surface area contributed by atoms with Crippen molar-refractivity contribution in [1.29, 1.82) is 0 Å². The van der Waals surface area contributed by atoms with E-state index in [4.69, 9.17) is 5.73 Å². The fourth-order valence-electron chi connectivity index (χ4n) is 1.89. The van der Waals surface area contributed by atoms with Crippen molar-refractivity contribution in [3.05, 3.63) is 51.5 Å². The minimum atomic E-state index is -0.392. The molecule has 0 spiro atoms. The third kappa shape index (κ3) is 2.33. The molecule has 1 unspecified atom stereocenters. The topological polar surface area (TPSA) is 43.8 Å². The molecular weight excluding hydrogens is 297 g/mol. The molecule has 96 valence electrons. The molecule has 1 heterocycles. The number of nitrogens with zero attached hydrogens (tertiary/aromatic N) is 2. The average molecular weight is 312 g/mol. The Morgan fingerprint density at radius 3 is 2.83 bits per heavy atom. The molecule has 0 aliphatic carbocycles.